The summed E-state index contributed by atoms with van der Waals surface area (Å²) in [7, 11) is 0. The lowest BCUT2D eigenvalue weighted by Gasteiger charge is -2.33. The zero-order chi connectivity index (χ0) is 21.9. The number of halogens is 1. The van der Waals surface area contributed by atoms with Gasteiger partial charge in [-0.2, -0.15) is 0 Å². The third-order valence-corrected chi connectivity index (χ3v) is 6.48. The van der Waals surface area contributed by atoms with E-state index in [1.54, 1.807) is 16.8 Å². The van der Waals surface area contributed by atoms with Crippen molar-refractivity contribution in [2.45, 2.75) is 23.0 Å². The molecule has 160 valence electrons. The topological polar surface area (TPSA) is 71.8 Å². The van der Waals surface area contributed by atoms with Crippen LogP contribution in [0.3, 0.4) is 0 Å². The fourth-order valence-electron chi connectivity index (χ4n) is 3.64. The van der Waals surface area contributed by atoms with Gasteiger partial charge in [-0.05, 0) is 23.3 Å². The zero-order valence-electron chi connectivity index (χ0n) is 17.0. The maximum absolute atomic E-state index is 13.6. The van der Waals surface area contributed by atoms with Crippen molar-refractivity contribution >= 4 is 17.7 Å². The molecule has 0 bridgehead atoms. The molecule has 1 aliphatic heterocycles. The standard InChI is InChI=1S/C24H20FN5OS/c25-19-13-11-17(12-14-19)20-21(23(31)26-15-16-7-3-1-4-8-16)32-24-28-27-22(30(24)29-20)18-9-5-2-6-10-18/h1-14,20-21,29H,15H2,(H,26,31)/t20-,21+/m0/s1. The molecule has 2 heterocycles. The van der Waals surface area contributed by atoms with Gasteiger partial charge in [-0.3, -0.25) is 4.79 Å². The molecule has 3 aromatic carbocycles. The second-order valence-corrected chi connectivity index (χ2v) is 8.52. The van der Waals surface area contributed by atoms with Crippen molar-refractivity contribution in [2.75, 3.05) is 5.43 Å². The third-order valence-electron chi connectivity index (χ3n) is 5.27. The highest BCUT2D eigenvalue weighted by atomic mass is 32.2. The van der Waals surface area contributed by atoms with Crippen molar-refractivity contribution in [3.8, 4) is 11.4 Å². The van der Waals surface area contributed by atoms with Gasteiger partial charge in [-0.1, -0.05) is 84.6 Å². The number of hydrogen-bond acceptors (Lipinski definition) is 5. The van der Waals surface area contributed by atoms with Crippen LogP contribution in [0, 0.1) is 5.82 Å². The number of carbonyl (C=O) groups is 1. The number of thioether (sulfide) groups is 1. The van der Waals surface area contributed by atoms with Crippen LogP contribution in [-0.2, 0) is 11.3 Å². The maximum atomic E-state index is 13.6. The summed E-state index contributed by atoms with van der Waals surface area (Å²) in [5.41, 5.74) is 6.12. The number of amides is 1. The molecular weight excluding hydrogens is 425 g/mol. The number of fused-ring (bicyclic) bond motifs is 1. The van der Waals surface area contributed by atoms with Gasteiger partial charge in [0.25, 0.3) is 0 Å². The van der Waals surface area contributed by atoms with E-state index in [2.05, 4.69) is 20.9 Å². The Morgan fingerprint density at radius 3 is 2.38 bits per heavy atom. The minimum Gasteiger partial charge on any atom is -0.351 e. The molecule has 0 unspecified atom stereocenters. The van der Waals surface area contributed by atoms with Crippen LogP contribution in [0.5, 0.6) is 0 Å². The summed E-state index contributed by atoms with van der Waals surface area (Å²) in [5, 5.41) is 11.7. The van der Waals surface area contributed by atoms with Crippen molar-refractivity contribution in [2.24, 2.45) is 0 Å². The van der Waals surface area contributed by atoms with E-state index < -0.39 is 11.3 Å². The first kappa shape index (κ1) is 20.3. The average Bonchev–Trinajstić information content (AvgIpc) is 3.26. The van der Waals surface area contributed by atoms with E-state index in [1.165, 1.54) is 23.9 Å². The van der Waals surface area contributed by atoms with Crippen molar-refractivity contribution in [3.63, 3.8) is 0 Å². The van der Waals surface area contributed by atoms with Crippen LogP contribution in [0.25, 0.3) is 11.4 Å². The highest BCUT2D eigenvalue weighted by molar-refractivity contribution is 8.00. The number of rotatable bonds is 5. The summed E-state index contributed by atoms with van der Waals surface area (Å²) in [6, 6.07) is 25.3. The predicted molar refractivity (Wildman–Crippen MR) is 122 cm³/mol. The molecule has 1 amide bonds. The molecule has 0 fully saturated rings. The minimum absolute atomic E-state index is 0.129. The Morgan fingerprint density at radius 1 is 0.969 bits per heavy atom. The lowest BCUT2D eigenvalue weighted by Crippen LogP contribution is -2.43. The first-order valence-corrected chi connectivity index (χ1v) is 11.1. The van der Waals surface area contributed by atoms with Gasteiger partial charge in [0.15, 0.2) is 5.82 Å². The Labute approximate surface area is 188 Å². The van der Waals surface area contributed by atoms with E-state index in [4.69, 9.17) is 0 Å². The first-order valence-electron chi connectivity index (χ1n) is 10.2. The monoisotopic (exact) mass is 445 g/mol. The Morgan fingerprint density at radius 2 is 1.66 bits per heavy atom. The van der Waals surface area contributed by atoms with Crippen LogP contribution in [-0.4, -0.2) is 26.0 Å². The molecule has 2 atom stereocenters. The molecule has 6 nitrogen and oxygen atoms in total. The minimum atomic E-state index is -0.510. The zero-order valence-corrected chi connectivity index (χ0v) is 17.8. The summed E-state index contributed by atoms with van der Waals surface area (Å²) in [6.45, 7) is 0.425. The van der Waals surface area contributed by atoms with Crippen LogP contribution >= 0.6 is 11.8 Å². The van der Waals surface area contributed by atoms with E-state index in [1.807, 2.05) is 60.7 Å². The molecule has 1 aromatic heterocycles. The Bertz CT molecular complexity index is 1210. The molecule has 0 spiro atoms. The lowest BCUT2D eigenvalue weighted by atomic mass is 10.0. The molecule has 2 N–H and O–H groups in total. The number of aromatic nitrogens is 3. The van der Waals surface area contributed by atoms with Crippen LogP contribution in [0.15, 0.2) is 90.1 Å². The molecule has 0 radical (unpaired) electrons. The molecule has 1 aliphatic rings. The number of nitrogens with zero attached hydrogens (tertiary/aromatic N) is 3. The van der Waals surface area contributed by atoms with Gasteiger partial charge in [0.05, 0.1) is 6.04 Å². The van der Waals surface area contributed by atoms with Gasteiger partial charge >= 0.3 is 0 Å². The summed E-state index contributed by atoms with van der Waals surface area (Å²) >= 11 is 1.34. The second kappa shape index (κ2) is 8.84. The van der Waals surface area contributed by atoms with E-state index in [0.717, 1.165) is 16.7 Å². The number of hydrogen-bond donors (Lipinski definition) is 2. The van der Waals surface area contributed by atoms with E-state index in [0.29, 0.717) is 17.5 Å². The normalized spacial score (nSPS) is 17.3. The van der Waals surface area contributed by atoms with Gasteiger partial charge in [-0.15, -0.1) is 10.2 Å². The Hall–Kier alpha value is -3.65. The average molecular weight is 446 g/mol. The van der Waals surface area contributed by atoms with Gasteiger partial charge in [0, 0.05) is 12.1 Å². The molecule has 32 heavy (non-hydrogen) atoms. The lowest BCUT2D eigenvalue weighted by molar-refractivity contribution is -0.121. The predicted octanol–water partition coefficient (Wildman–Crippen LogP) is 4.16. The van der Waals surface area contributed by atoms with Gasteiger partial charge in [0.2, 0.25) is 11.1 Å². The molecular formula is C24H20FN5OS. The second-order valence-electron chi connectivity index (χ2n) is 7.41. The van der Waals surface area contributed by atoms with E-state index >= 15 is 0 Å². The van der Waals surface area contributed by atoms with Crippen molar-refractivity contribution in [1.29, 1.82) is 0 Å². The molecule has 0 aliphatic carbocycles. The van der Waals surface area contributed by atoms with Crippen LogP contribution < -0.4 is 10.7 Å². The maximum Gasteiger partial charge on any atom is 0.236 e. The van der Waals surface area contributed by atoms with Crippen molar-refractivity contribution in [3.05, 3.63) is 102 Å². The molecule has 8 heteroatoms. The largest absolute Gasteiger partial charge is 0.351 e. The number of carbonyl (C=O) groups excluding carboxylic acids is 1. The summed E-state index contributed by atoms with van der Waals surface area (Å²) in [6.07, 6.45) is 0. The van der Waals surface area contributed by atoms with Crippen LogP contribution in [0.2, 0.25) is 0 Å². The van der Waals surface area contributed by atoms with Gasteiger partial charge < -0.3 is 10.7 Å². The fraction of sp³-hybridized carbons (Fsp3) is 0.125. The molecule has 5 rings (SSSR count). The van der Waals surface area contributed by atoms with Crippen LogP contribution in [0.4, 0.5) is 4.39 Å². The number of nitrogens with one attached hydrogen (secondary N) is 2. The van der Waals surface area contributed by atoms with Crippen LogP contribution in [0.1, 0.15) is 17.2 Å². The summed E-state index contributed by atoms with van der Waals surface area (Å²) in [5.74, 6) is 0.205. The Balaban J connectivity index is 1.46. The Kier molecular flexibility index (Phi) is 5.60. The smallest absolute Gasteiger partial charge is 0.236 e. The highest BCUT2D eigenvalue weighted by Crippen LogP contribution is 2.38. The highest BCUT2D eigenvalue weighted by Gasteiger charge is 2.37. The van der Waals surface area contributed by atoms with E-state index in [-0.39, 0.29) is 11.7 Å². The first-order chi connectivity index (χ1) is 15.7. The van der Waals surface area contributed by atoms with Gasteiger partial charge in [0.1, 0.15) is 11.1 Å². The van der Waals surface area contributed by atoms with E-state index in [9.17, 15) is 9.18 Å². The fourth-order valence-corrected chi connectivity index (χ4v) is 4.74. The van der Waals surface area contributed by atoms with Crippen molar-refractivity contribution < 1.29 is 9.18 Å². The molecule has 4 aromatic rings. The quantitative estimate of drug-likeness (QED) is 0.483. The summed E-state index contributed by atoms with van der Waals surface area (Å²) < 4.78 is 15.4. The molecule has 0 saturated carbocycles. The summed E-state index contributed by atoms with van der Waals surface area (Å²) in [4.78, 5) is 13.2. The molecule has 0 saturated heterocycles. The third kappa shape index (κ3) is 4.09. The number of benzene rings is 3. The van der Waals surface area contributed by atoms with Gasteiger partial charge in [-0.25, -0.2) is 9.07 Å². The SMILES string of the molecule is O=C(NCc1ccccc1)[C@@H]1Sc2nnc(-c3ccccc3)n2N[C@H]1c1ccc(F)cc1. The van der Waals surface area contributed by atoms with Crippen molar-refractivity contribution in [1.82, 2.24) is 20.2 Å².